The number of guanidine groups is 1. The summed E-state index contributed by atoms with van der Waals surface area (Å²) in [6, 6.07) is 11.0. The summed E-state index contributed by atoms with van der Waals surface area (Å²) in [5.74, 6) is 0.873. The molecule has 2 aromatic rings. The second kappa shape index (κ2) is 10.5. The minimum atomic E-state index is 0. The van der Waals surface area contributed by atoms with Crippen molar-refractivity contribution in [2.75, 3.05) is 6.54 Å². The zero-order valence-corrected chi connectivity index (χ0v) is 19.4. The van der Waals surface area contributed by atoms with E-state index in [4.69, 9.17) is 14.7 Å². The zero-order chi connectivity index (χ0) is 18.5. The van der Waals surface area contributed by atoms with Crippen LogP contribution < -0.4 is 10.6 Å². The highest BCUT2D eigenvalue weighted by Crippen LogP contribution is 2.34. The minimum Gasteiger partial charge on any atom is -0.373 e. The van der Waals surface area contributed by atoms with Gasteiger partial charge in [-0.1, -0.05) is 30.3 Å². The van der Waals surface area contributed by atoms with Gasteiger partial charge in [-0.05, 0) is 38.2 Å². The smallest absolute Gasteiger partial charge is 0.191 e. The molecule has 28 heavy (non-hydrogen) atoms. The SMILES string of the molecule is CCNC(=NCc1csc(CCc2ccccc2)n1)NC1CC2CCC1O2.I. The van der Waals surface area contributed by atoms with E-state index in [1.54, 1.807) is 11.3 Å². The fourth-order valence-corrected chi connectivity index (χ4v) is 4.67. The first-order valence-corrected chi connectivity index (χ1v) is 10.9. The van der Waals surface area contributed by atoms with Crippen LogP contribution in [0.2, 0.25) is 0 Å². The number of aliphatic imine (C=N–C) groups is 1. The Morgan fingerprint density at radius 2 is 2.11 bits per heavy atom. The molecule has 152 valence electrons. The van der Waals surface area contributed by atoms with E-state index in [0.29, 0.717) is 24.8 Å². The minimum absolute atomic E-state index is 0. The topological polar surface area (TPSA) is 58.5 Å². The zero-order valence-electron chi connectivity index (χ0n) is 16.3. The van der Waals surface area contributed by atoms with E-state index in [1.165, 1.54) is 23.4 Å². The molecule has 2 aliphatic heterocycles. The fourth-order valence-electron chi connectivity index (χ4n) is 3.88. The summed E-state index contributed by atoms with van der Waals surface area (Å²) in [5.41, 5.74) is 2.41. The number of hydrogen-bond donors (Lipinski definition) is 2. The number of nitrogens with one attached hydrogen (secondary N) is 2. The molecule has 5 nitrogen and oxygen atoms in total. The number of thiazole rings is 1. The van der Waals surface area contributed by atoms with E-state index in [2.05, 4.69) is 53.3 Å². The van der Waals surface area contributed by atoms with E-state index in [0.717, 1.165) is 37.5 Å². The van der Waals surface area contributed by atoms with Crippen molar-refractivity contribution < 1.29 is 4.74 Å². The van der Waals surface area contributed by atoms with Crippen LogP contribution in [0.3, 0.4) is 0 Å². The van der Waals surface area contributed by atoms with Crippen molar-refractivity contribution in [3.63, 3.8) is 0 Å². The van der Waals surface area contributed by atoms with Gasteiger partial charge in [-0.2, -0.15) is 0 Å². The molecule has 1 aromatic heterocycles. The van der Waals surface area contributed by atoms with E-state index in [-0.39, 0.29) is 24.0 Å². The number of fused-ring (bicyclic) bond motifs is 2. The van der Waals surface area contributed by atoms with Gasteiger partial charge in [0.1, 0.15) is 0 Å². The van der Waals surface area contributed by atoms with Crippen LogP contribution >= 0.6 is 35.3 Å². The average Bonchev–Trinajstić information content (AvgIpc) is 3.43. The maximum atomic E-state index is 5.94. The molecule has 2 saturated heterocycles. The van der Waals surface area contributed by atoms with Gasteiger partial charge in [0, 0.05) is 18.3 Å². The second-order valence-corrected chi connectivity index (χ2v) is 8.22. The number of benzene rings is 1. The van der Waals surface area contributed by atoms with Crippen LogP contribution in [0.1, 0.15) is 42.5 Å². The van der Waals surface area contributed by atoms with Crippen molar-refractivity contribution in [3.8, 4) is 0 Å². The summed E-state index contributed by atoms with van der Waals surface area (Å²) in [6.07, 6.45) is 6.28. The molecule has 0 aliphatic carbocycles. The van der Waals surface area contributed by atoms with Gasteiger partial charge in [0.25, 0.3) is 0 Å². The van der Waals surface area contributed by atoms with Crippen LogP contribution in [0.5, 0.6) is 0 Å². The quantitative estimate of drug-likeness (QED) is 0.336. The molecule has 2 fully saturated rings. The third-order valence-electron chi connectivity index (χ3n) is 5.24. The highest BCUT2D eigenvalue weighted by molar-refractivity contribution is 14.0. The standard InChI is InChI=1S/C21H28N4OS.HI/c1-2-22-21(25-18-12-17-9-10-19(18)26-17)23-13-16-14-27-20(24-16)11-8-15-6-4-3-5-7-15;/h3-7,14,17-19H,2,8-13H2,1H3,(H2,22,23,25);1H. The first-order valence-electron chi connectivity index (χ1n) is 9.97. The van der Waals surface area contributed by atoms with Gasteiger partial charge < -0.3 is 15.4 Å². The van der Waals surface area contributed by atoms with Gasteiger partial charge in [-0.3, -0.25) is 0 Å². The lowest BCUT2D eigenvalue weighted by Gasteiger charge is -2.22. The van der Waals surface area contributed by atoms with Crippen LogP contribution in [0.4, 0.5) is 0 Å². The van der Waals surface area contributed by atoms with Gasteiger partial charge in [0.2, 0.25) is 0 Å². The first kappa shape index (κ1) is 21.5. The number of aromatic nitrogens is 1. The summed E-state index contributed by atoms with van der Waals surface area (Å²) in [5, 5.41) is 10.2. The number of nitrogens with zero attached hydrogens (tertiary/aromatic N) is 2. The summed E-state index contributed by atoms with van der Waals surface area (Å²) in [6.45, 7) is 3.56. The van der Waals surface area contributed by atoms with Crippen molar-refractivity contribution in [3.05, 3.63) is 52.0 Å². The Bertz CT molecular complexity index is 767. The van der Waals surface area contributed by atoms with Crippen molar-refractivity contribution >= 4 is 41.3 Å². The molecule has 3 unspecified atom stereocenters. The van der Waals surface area contributed by atoms with E-state index in [1.807, 2.05) is 0 Å². The summed E-state index contributed by atoms with van der Waals surface area (Å²) in [4.78, 5) is 9.50. The molecule has 2 aliphatic rings. The van der Waals surface area contributed by atoms with Crippen molar-refractivity contribution in [2.24, 2.45) is 4.99 Å². The molecule has 0 amide bonds. The predicted octanol–water partition coefficient (Wildman–Crippen LogP) is 3.92. The van der Waals surface area contributed by atoms with Crippen molar-refractivity contribution in [2.45, 2.75) is 63.8 Å². The molecule has 2 N–H and O–H groups in total. The molecule has 0 saturated carbocycles. The number of rotatable bonds is 7. The fraction of sp³-hybridized carbons (Fsp3) is 0.524. The van der Waals surface area contributed by atoms with Crippen LogP contribution in [0.15, 0.2) is 40.7 Å². The van der Waals surface area contributed by atoms with E-state index < -0.39 is 0 Å². The van der Waals surface area contributed by atoms with Gasteiger partial charge >= 0.3 is 0 Å². The Hall–Kier alpha value is -1.19. The van der Waals surface area contributed by atoms with Crippen molar-refractivity contribution in [1.29, 1.82) is 0 Å². The molecule has 0 spiro atoms. The third kappa shape index (κ3) is 5.67. The van der Waals surface area contributed by atoms with E-state index in [9.17, 15) is 0 Å². The number of hydrogen-bond acceptors (Lipinski definition) is 4. The second-order valence-electron chi connectivity index (χ2n) is 7.27. The Morgan fingerprint density at radius 1 is 1.25 bits per heavy atom. The Labute approximate surface area is 188 Å². The molecule has 3 heterocycles. The largest absolute Gasteiger partial charge is 0.373 e. The molecular weight excluding hydrogens is 483 g/mol. The maximum absolute atomic E-state index is 5.94. The summed E-state index contributed by atoms with van der Waals surface area (Å²) < 4.78 is 5.94. The first-order chi connectivity index (χ1) is 13.3. The average molecular weight is 512 g/mol. The summed E-state index contributed by atoms with van der Waals surface area (Å²) in [7, 11) is 0. The van der Waals surface area contributed by atoms with Gasteiger partial charge in [-0.15, -0.1) is 35.3 Å². The number of aryl methyl sites for hydroxylation is 2. The molecule has 7 heteroatoms. The van der Waals surface area contributed by atoms with Gasteiger partial charge in [0.05, 0.1) is 35.5 Å². The molecule has 0 radical (unpaired) electrons. The molecule has 1 aromatic carbocycles. The van der Waals surface area contributed by atoms with Crippen LogP contribution in [-0.2, 0) is 24.1 Å². The highest BCUT2D eigenvalue weighted by atomic mass is 127. The van der Waals surface area contributed by atoms with Crippen LogP contribution in [0, 0.1) is 0 Å². The molecular formula is C21H29IN4OS. The van der Waals surface area contributed by atoms with Gasteiger partial charge in [-0.25, -0.2) is 9.98 Å². The Morgan fingerprint density at radius 3 is 2.82 bits per heavy atom. The molecule has 4 rings (SSSR count). The highest BCUT2D eigenvalue weighted by Gasteiger charge is 2.41. The molecule has 3 atom stereocenters. The predicted molar refractivity (Wildman–Crippen MR) is 126 cm³/mol. The molecule has 2 bridgehead atoms. The summed E-state index contributed by atoms with van der Waals surface area (Å²) >= 11 is 1.74. The maximum Gasteiger partial charge on any atom is 0.191 e. The third-order valence-corrected chi connectivity index (χ3v) is 6.20. The number of halogens is 1. The van der Waals surface area contributed by atoms with Crippen LogP contribution in [0.25, 0.3) is 0 Å². The Kier molecular flexibility index (Phi) is 8.11. The lowest BCUT2D eigenvalue weighted by molar-refractivity contribution is 0.0992. The van der Waals surface area contributed by atoms with E-state index >= 15 is 0 Å². The lowest BCUT2D eigenvalue weighted by atomic mass is 9.96. The lowest BCUT2D eigenvalue weighted by Crippen LogP contribution is -2.47. The Balaban J connectivity index is 0.00000225. The normalized spacial score (nSPS) is 23.5. The van der Waals surface area contributed by atoms with Crippen molar-refractivity contribution in [1.82, 2.24) is 15.6 Å². The van der Waals surface area contributed by atoms with Gasteiger partial charge in [0.15, 0.2) is 5.96 Å². The monoisotopic (exact) mass is 512 g/mol. The van der Waals surface area contributed by atoms with Crippen LogP contribution in [-0.4, -0.2) is 35.7 Å². The number of ether oxygens (including phenoxy) is 1.